The van der Waals surface area contributed by atoms with E-state index < -0.39 is 17.0 Å². The first kappa shape index (κ1) is 21.0. The number of urea groups is 1. The Kier molecular flexibility index (Phi) is 5.78. The van der Waals surface area contributed by atoms with Crippen molar-refractivity contribution in [3.63, 3.8) is 0 Å². The lowest BCUT2D eigenvalue weighted by Crippen LogP contribution is -2.46. The standard InChI is InChI=1S/C22H29N3O4/c1-21(2,3)18(27)23-16-10-8-15(9-11-16)17(26)14-25-19(28)22(24-20(25)29)12-6-4-5-7-13-22/h8-11H,4-7,12-14H2,1-3H3,(H,23,27)(H,24,29). The van der Waals surface area contributed by atoms with Gasteiger partial charge in [-0.3, -0.25) is 19.3 Å². The smallest absolute Gasteiger partial charge is 0.325 e. The zero-order chi connectivity index (χ0) is 21.2. The third-order valence-corrected chi connectivity index (χ3v) is 5.65. The Labute approximate surface area is 171 Å². The fourth-order valence-corrected chi connectivity index (χ4v) is 3.78. The van der Waals surface area contributed by atoms with E-state index in [1.807, 2.05) is 20.8 Å². The molecule has 0 radical (unpaired) electrons. The number of hydrogen-bond acceptors (Lipinski definition) is 4. The second-order valence-electron chi connectivity index (χ2n) is 9.02. The van der Waals surface area contributed by atoms with Gasteiger partial charge in [0, 0.05) is 16.7 Å². The molecule has 3 rings (SSSR count). The third kappa shape index (κ3) is 4.49. The van der Waals surface area contributed by atoms with Gasteiger partial charge in [-0.05, 0) is 37.1 Å². The van der Waals surface area contributed by atoms with Crippen molar-refractivity contribution >= 4 is 29.3 Å². The van der Waals surface area contributed by atoms with E-state index in [-0.39, 0.29) is 24.1 Å². The molecule has 2 aliphatic rings. The maximum Gasteiger partial charge on any atom is 0.325 e. The van der Waals surface area contributed by atoms with Crippen molar-refractivity contribution in [2.24, 2.45) is 5.41 Å². The predicted octanol–water partition coefficient (Wildman–Crippen LogP) is 3.50. The van der Waals surface area contributed by atoms with Crippen molar-refractivity contribution in [1.29, 1.82) is 0 Å². The number of anilines is 1. The minimum absolute atomic E-state index is 0.121. The van der Waals surface area contributed by atoms with Gasteiger partial charge in [-0.15, -0.1) is 0 Å². The van der Waals surface area contributed by atoms with Gasteiger partial charge in [0.15, 0.2) is 5.78 Å². The second-order valence-corrected chi connectivity index (χ2v) is 9.02. The van der Waals surface area contributed by atoms with Gasteiger partial charge in [-0.2, -0.15) is 0 Å². The number of benzene rings is 1. The molecule has 0 unspecified atom stereocenters. The number of hydrogen-bond donors (Lipinski definition) is 2. The maximum absolute atomic E-state index is 12.9. The first-order valence-electron chi connectivity index (χ1n) is 10.2. The number of nitrogens with one attached hydrogen (secondary N) is 2. The van der Waals surface area contributed by atoms with Crippen LogP contribution in [0.25, 0.3) is 0 Å². The lowest BCUT2D eigenvalue weighted by molar-refractivity contribution is -0.131. The van der Waals surface area contributed by atoms with Gasteiger partial charge in [0.25, 0.3) is 5.91 Å². The molecule has 29 heavy (non-hydrogen) atoms. The fourth-order valence-electron chi connectivity index (χ4n) is 3.78. The van der Waals surface area contributed by atoms with E-state index in [2.05, 4.69) is 10.6 Å². The Bertz CT molecular complexity index is 815. The molecule has 0 atom stereocenters. The largest absolute Gasteiger partial charge is 0.326 e. The van der Waals surface area contributed by atoms with Crippen LogP contribution in [0.3, 0.4) is 0 Å². The van der Waals surface area contributed by atoms with Crippen LogP contribution in [-0.4, -0.2) is 40.6 Å². The van der Waals surface area contributed by atoms with E-state index in [1.54, 1.807) is 24.3 Å². The Balaban J connectivity index is 1.66. The summed E-state index contributed by atoms with van der Waals surface area (Å²) in [4.78, 5) is 51.1. The van der Waals surface area contributed by atoms with E-state index in [1.165, 1.54) is 0 Å². The first-order valence-corrected chi connectivity index (χ1v) is 10.2. The molecule has 1 aliphatic carbocycles. The van der Waals surface area contributed by atoms with Gasteiger partial charge in [-0.25, -0.2) is 4.79 Å². The van der Waals surface area contributed by atoms with E-state index >= 15 is 0 Å². The number of ketones is 1. The van der Waals surface area contributed by atoms with Gasteiger partial charge in [-0.1, -0.05) is 46.5 Å². The lowest BCUT2D eigenvalue weighted by atomic mass is 9.90. The molecule has 2 N–H and O–H groups in total. The molecule has 1 saturated carbocycles. The highest BCUT2D eigenvalue weighted by atomic mass is 16.2. The zero-order valence-corrected chi connectivity index (χ0v) is 17.3. The molecule has 1 aliphatic heterocycles. The van der Waals surface area contributed by atoms with E-state index in [0.717, 1.165) is 30.6 Å². The highest BCUT2D eigenvalue weighted by molar-refractivity contribution is 6.11. The van der Waals surface area contributed by atoms with Gasteiger partial charge in [0.2, 0.25) is 5.91 Å². The molecule has 7 heteroatoms. The fraction of sp³-hybridized carbons (Fsp3) is 0.545. The van der Waals surface area contributed by atoms with Gasteiger partial charge in [0.05, 0.1) is 6.54 Å². The normalized spacial score (nSPS) is 19.1. The summed E-state index contributed by atoms with van der Waals surface area (Å²) < 4.78 is 0. The Hall–Kier alpha value is -2.70. The van der Waals surface area contributed by atoms with E-state index in [4.69, 9.17) is 0 Å². The van der Waals surface area contributed by atoms with Crippen LogP contribution in [0.5, 0.6) is 0 Å². The molecule has 1 aromatic rings. The number of nitrogens with zero attached hydrogens (tertiary/aromatic N) is 1. The van der Waals surface area contributed by atoms with Crippen molar-refractivity contribution in [1.82, 2.24) is 10.2 Å². The summed E-state index contributed by atoms with van der Waals surface area (Å²) >= 11 is 0. The lowest BCUT2D eigenvalue weighted by Gasteiger charge is -2.24. The number of rotatable bonds is 4. The summed E-state index contributed by atoms with van der Waals surface area (Å²) in [5.41, 5.74) is -0.379. The number of amides is 4. The van der Waals surface area contributed by atoms with E-state index in [0.29, 0.717) is 24.1 Å². The van der Waals surface area contributed by atoms with Crippen LogP contribution in [0, 0.1) is 5.41 Å². The predicted molar refractivity (Wildman–Crippen MR) is 110 cm³/mol. The summed E-state index contributed by atoms with van der Waals surface area (Å²) in [5.74, 6) is -0.718. The van der Waals surface area contributed by atoms with Crippen molar-refractivity contribution in [2.45, 2.75) is 64.8 Å². The van der Waals surface area contributed by atoms with Crippen molar-refractivity contribution in [2.75, 3.05) is 11.9 Å². The Morgan fingerprint density at radius 2 is 1.62 bits per heavy atom. The highest BCUT2D eigenvalue weighted by Gasteiger charge is 2.51. The molecule has 1 spiro atoms. The number of carbonyl (C=O) groups excluding carboxylic acids is 4. The van der Waals surface area contributed by atoms with Crippen LogP contribution in [0.15, 0.2) is 24.3 Å². The maximum atomic E-state index is 12.9. The summed E-state index contributed by atoms with van der Waals surface area (Å²) in [6.45, 7) is 5.18. The molecule has 1 aromatic carbocycles. The summed E-state index contributed by atoms with van der Waals surface area (Å²) in [5, 5.41) is 5.65. The van der Waals surface area contributed by atoms with Crippen molar-refractivity contribution in [3.8, 4) is 0 Å². The minimum Gasteiger partial charge on any atom is -0.326 e. The Morgan fingerprint density at radius 1 is 1.03 bits per heavy atom. The van der Waals surface area contributed by atoms with E-state index in [9.17, 15) is 19.2 Å². The van der Waals surface area contributed by atoms with Crippen LogP contribution >= 0.6 is 0 Å². The molecule has 4 amide bonds. The second kappa shape index (κ2) is 7.97. The molecule has 2 fully saturated rings. The van der Waals surface area contributed by atoms with Crippen LogP contribution in [0.4, 0.5) is 10.5 Å². The molecular weight excluding hydrogens is 370 g/mol. The first-order chi connectivity index (χ1) is 13.6. The number of imide groups is 1. The van der Waals surface area contributed by atoms with Crippen LogP contribution in [-0.2, 0) is 9.59 Å². The average Bonchev–Trinajstić information content (AvgIpc) is 2.83. The minimum atomic E-state index is -0.838. The van der Waals surface area contributed by atoms with Crippen molar-refractivity contribution in [3.05, 3.63) is 29.8 Å². The quantitative estimate of drug-likeness (QED) is 0.598. The summed E-state index contributed by atoms with van der Waals surface area (Å²) in [6.07, 6.45) is 5.17. The number of Topliss-reactive ketones (excluding diaryl/α,β-unsaturated/α-hetero) is 1. The number of carbonyl (C=O) groups is 4. The summed E-state index contributed by atoms with van der Waals surface area (Å²) in [7, 11) is 0. The van der Waals surface area contributed by atoms with Gasteiger partial charge < -0.3 is 10.6 Å². The molecule has 156 valence electrons. The molecule has 1 heterocycles. The van der Waals surface area contributed by atoms with Gasteiger partial charge in [0.1, 0.15) is 5.54 Å². The monoisotopic (exact) mass is 399 g/mol. The SMILES string of the molecule is CC(C)(C)C(=O)Nc1ccc(C(=O)CN2C(=O)NC3(CCCCCC3)C2=O)cc1. The third-order valence-electron chi connectivity index (χ3n) is 5.65. The molecule has 7 nitrogen and oxygen atoms in total. The summed E-state index contributed by atoms with van der Waals surface area (Å²) in [6, 6.07) is 6.01. The van der Waals surface area contributed by atoms with Crippen LogP contribution in [0.2, 0.25) is 0 Å². The molecule has 0 bridgehead atoms. The highest BCUT2D eigenvalue weighted by Crippen LogP contribution is 2.32. The average molecular weight is 399 g/mol. The Morgan fingerprint density at radius 3 is 2.17 bits per heavy atom. The molecule has 0 aromatic heterocycles. The molecule has 1 saturated heterocycles. The topological polar surface area (TPSA) is 95.6 Å². The van der Waals surface area contributed by atoms with Crippen molar-refractivity contribution < 1.29 is 19.2 Å². The van der Waals surface area contributed by atoms with Crippen LogP contribution in [0.1, 0.15) is 69.7 Å². The molecular formula is C22H29N3O4. The zero-order valence-electron chi connectivity index (χ0n) is 17.3. The van der Waals surface area contributed by atoms with Crippen LogP contribution < -0.4 is 10.6 Å². The van der Waals surface area contributed by atoms with Gasteiger partial charge >= 0.3 is 6.03 Å².